The zero-order chi connectivity index (χ0) is 46.5. The van der Waals surface area contributed by atoms with Crippen LogP contribution in [0.15, 0.2) is 155 Å². The minimum absolute atomic E-state index is 0.264. The maximum atomic E-state index is 11.9. The first-order valence-electron chi connectivity index (χ1n) is 21.1. The second-order valence-electron chi connectivity index (χ2n) is 16.4. The number of hydrogen-bond donors (Lipinski definition) is 5. The van der Waals surface area contributed by atoms with Crippen LogP contribution in [0.4, 0.5) is 0 Å². The number of aldehydes is 1. The van der Waals surface area contributed by atoms with Gasteiger partial charge in [-0.2, -0.15) is 10.2 Å². The Balaban J connectivity index is 0.000000150. The highest BCUT2D eigenvalue weighted by molar-refractivity contribution is 5.99. The molecule has 1 atom stereocenters. The fourth-order valence-electron chi connectivity index (χ4n) is 7.79. The molecule has 10 aromatic rings. The lowest BCUT2D eigenvalue weighted by molar-refractivity contribution is -0.143. The van der Waals surface area contributed by atoms with Gasteiger partial charge in [0.2, 0.25) is 0 Å². The summed E-state index contributed by atoms with van der Waals surface area (Å²) >= 11 is 0. The summed E-state index contributed by atoms with van der Waals surface area (Å²) in [6, 6.07) is 43.2. The van der Waals surface area contributed by atoms with Gasteiger partial charge in [0.05, 0.1) is 22.4 Å². The Morgan fingerprint density at radius 2 is 1.12 bits per heavy atom. The van der Waals surface area contributed by atoms with Crippen LogP contribution in [0, 0.1) is 5.92 Å². The number of carboxylic acids is 1. The lowest BCUT2D eigenvalue weighted by Crippen LogP contribution is -2.45. The monoisotopic (exact) mass is 878 g/mol. The van der Waals surface area contributed by atoms with Crippen molar-refractivity contribution in [1.82, 2.24) is 39.2 Å². The molecule has 66 heavy (non-hydrogen) atoms. The molecule has 0 amide bonds. The van der Waals surface area contributed by atoms with Crippen molar-refractivity contribution in [3.63, 3.8) is 0 Å². The molecule has 6 heterocycles. The number of carbonyl (C=O) groups excluding carboxylic acids is 1. The van der Waals surface area contributed by atoms with Crippen LogP contribution in [0.1, 0.15) is 43.1 Å². The molecule has 0 spiro atoms. The summed E-state index contributed by atoms with van der Waals surface area (Å²) in [5.41, 5.74) is 21.5. The largest absolute Gasteiger partial charge is 0.480 e. The molecular formula is C51H46N10O5. The van der Waals surface area contributed by atoms with Crippen LogP contribution in [0.3, 0.4) is 0 Å². The van der Waals surface area contributed by atoms with Crippen molar-refractivity contribution in [3.05, 3.63) is 178 Å². The summed E-state index contributed by atoms with van der Waals surface area (Å²) in [5.74, 6) is -0.604. The van der Waals surface area contributed by atoms with E-state index in [0.29, 0.717) is 35.7 Å². The number of aromatic nitrogens is 8. The normalized spacial score (nSPS) is 12.1. The lowest BCUT2D eigenvalue weighted by Gasteiger charge is -2.20. The second-order valence-corrected chi connectivity index (χ2v) is 16.4. The molecule has 10 rings (SSSR count). The number of aliphatic carboxylic acids is 1. The Hall–Kier alpha value is -8.40. The number of nitrogens with zero attached hydrogens (tertiary/aromatic N) is 6. The molecule has 330 valence electrons. The third kappa shape index (κ3) is 9.15. The second kappa shape index (κ2) is 18.8. The number of carbonyl (C=O) groups is 2. The molecule has 0 saturated heterocycles. The van der Waals surface area contributed by atoms with Crippen molar-refractivity contribution in [1.29, 1.82) is 0 Å². The molecule has 6 aromatic heterocycles. The summed E-state index contributed by atoms with van der Waals surface area (Å²) in [4.78, 5) is 55.1. The van der Waals surface area contributed by atoms with Gasteiger partial charge < -0.3 is 16.6 Å². The van der Waals surface area contributed by atoms with Gasteiger partial charge in [-0.05, 0) is 60.2 Å². The van der Waals surface area contributed by atoms with Crippen molar-refractivity contribution in [2.24, 2.45) is 17.4 Å². The number of nitrogens with two attached hydrogens (primary N) is 2. The third-order valence-electron chi connectivity index (χ3n) is 11.0. The van der Waals surface area contributed by atoms with Gasteiger partial charge in [0.1, 0.15) is 11.8 Å². The first-order chi connectivity index (χ1) is 31.8. The Morgan fingerprint density at radius 3 is 1.50 bits per heavy atom. The van der Waals surface area contributed by atoms with E-state index in [1.54, 1.807) is 30.6 Å². The smallest absolute Gasteiger partial charge is 0.347 e. The van der Waals surface area contributed by atoms with Crippen LogP contribution in [0.25, 0.3) is 77.9 Å². The Bertz CT molecular complexity index is 3470. The first kappa shape index (κ1) is 44.2. The topological polar surface area (TPSA) is 233 Å². The van der Waals surface area contributed by atoms with Gasteiger partial charge in [-0.3, -0.25) is 9.59 Å². The van der Waals surface area contributed by atoms with Crippen LogP contribution < -0.4 is 22.8 Å². The van der Waals surface area contributed by atoms with Crippen molar-refractivity contribution in [2.45, 2.75) is 39.3 Å². The third-order valence-corrected chi connectivity index (χ3v) is 11.0. The van der Waals surface area contributed by atoms with Crippen molar-refractivity contribution in [3.8, 4) is 44.8 Å². The molecule has 0 aliphatic carbocycles. The molecule has 0 fully saturated rings. The lowest BCUT2D eigenvalue weighted by atomic mass is 9.92. The fraction of sp³-hybridized carbons (Fsp3) is 0.137. The summed E-state index contributed by atoms with van der Waals surface area (Å²) < 4.78 is 2.96. The van der Waals surface area contributed by atoms with Gasteiger partial charge in [-0.1, -0.05) is 123 Å². The van der Waals surface area contributed by atoms with Crippen molar-refractivity contribution in [2.75, 3.05) is 0 Å². The van der Waals surface area contributed by atoms with Crippen molar-refractivity contribution >= 4 is 45.4 Å². The SMILES string of the molecule is CC(C)CC(C)(N)C(=O)O.NCc1ccc(-c2nc3ccn4c(=O)[nH]nc4c3cc2-c2ccccc2)cc1.O=Cc1ccc(-c2nc3ccn4c(=O)[nH]nc4c3cc2-c2ccccc2)cc1. The Morgan fingerprint density at radius 1 is 0.682 bits per heavy atom. The summed E-state index contributed by atoms with van der Waals surface area (Å²) in [6.07, 6.45) is 4.70. The van der Waals surface area contributed by atoms with E-state index in [1.165, 1.54) is 15.7 Å². The zero-order valence-electron chi connectivity index (χ0n) is 36.3. The van der Waals surface area contributed by atoms with E-state index in [1.807, 2.05) is 111 Å². The summed E-state index contributed by atoms with van der Waals surface area (Å²) in [7, 11) is 0. The number of hydrogen-bond acceptors (Lipinski definition) is 10. The van der Waals surface area contributed by atoms with E-state index >= 15 is 0 Å². The highest BCUT2D eigenvalue weighted by Crippen LogP contribution is 2.36. The zero-order valence-corrected chi connectivity index (χ0v) is 36.3. The van der Waals surface area contributed by atoms with Gasteiger partial charge >= 0.3 is 17.3 Å². The fourth-order valence-corrected chi connectivity index (χ4v) is 7.79. The highest BCUT2D eigenvalue weighted by atomic mass is 16.4. The quantitative estimate of drug-likeness (QED) is 0.0874. The highest BCUT2D eigenvalue weighted by Gasteiger charge is 2.28. The number of nitrogens with one attached hydrogen (secondary N) is 2. The Kier molecular flexibility index (Phi) is 12.6. The first-order valence-corrected chi connectivity index (χ1v) is 21.1. The van der Waals surface area contributed by atoms with Gasteiger partial charge in [-0.15, -0.1) is 0 Å². The van der Waals surface area contributed by atoms with Crippen LogP contribution in [-0.2, 0) is 11.3 Å². The number of carboxylic acid groups (broad SMARTS) is 1. The maximum Gasteiger partial charge on any atom is 0.347 e. The Labute approximate surface area is 377 Å². The molecule has 0 saturated carbocycles. The maximum absolute atomic E-state index is 11.9. The van der Waals surface area contributed by atoms with Gasteiger partial charge in [0.15, 0.2) is 11.3 Å². The average molecular weight is 879 g/mol. The van der Waals surface area contributed by atoms with E-state index in [9.17, 15) is 19.2 Å². The molecule has 0 aliphatic heterocycles. The predicted molar refractivity (Wildman–Crippen MR) is 257 cm³/mol. The molecule has 0 radical (unpaired) electrons. The number of benzene rings is 4. The van der Waals surface area contributed by atoms with E-state index in [2.05, 4.69) is 38.6 Å². The number of rotatable bonds is 9. The summed E-state index contributed by atoms with van der Waals surface area (Å²) in [5, 5.41) is 23.5. The van der Waals surface area contributed by atoms with E-state index in [-0.39, 0.29) is 11.4 Å². The predicted octanol–water partition coefficient (Wildman–Crippen LogP) is 7.92. The number of H-pyrrole nitrogens is 2. The summed E-state index contributed by atoms with van der Waals surface area (Å²) in [6.45, 7) is 5.94. The molecule has 0 aliphatic rings. The molecule has 4 aromatic carbocycles. The van der Waals surface area contributed by atoms with Gasteiger partial charge in [0, 0.05) is 57.5 Å². The van der Waals surface area contributed by atoms with Crippen LogP contribution >= 0.6 is 0 Å². The molecule has 15 nitrogen and oxygen atoms in total. The number of fused-ring (bicyclic) bond motifs is 6. The van der Waals surface area contributed by atoms with Crippen LogP contribution in [0.5, 0.6) is 0 Å². The minimum atomic E-state index is -1.06. The number of pyridine rings is 4. The molecule has 0 bridgehead atoms. The molecule has 15 heteroatoms. The van der Waals surface area contributed by atoms with Crippen LogP contribution in [-0.4, -0.2) is 62.1 Å². The molecular weight excluding hydrogens is 833 g/mol. The number of aromatic amines is 2. The molecule has 7 N–H and O–H groups in total. The van der Waals surface area contributed by atoms with Gasteiger partial charge in [-0.25, -0.2) is 38.6 Å². The van der Waals surface area contributed by atoms with E-state index in [4.69, 9.17) is 26.5 Å². The minimum Gasteiger partial charge on any atom is -0.480 e. The van der Waals surface area contributed by atoms with Crippen LogP contribution in [0.2, 0.25) is 0 Å². The van der Waals surface area contributed by atoms with E-state index in [0.717, 1.165) is 78.4 Å². The standard InChI is InChI=1S/C22H17N5O.C22H14N4O2.C7H15NO2/c23-13-14-6-8-16(9-7-14)20-17(15-4-2-1-3-5-15)12-18-19(24-20)10-11-27-21(18)25-26-22(27)28;27-13-14-6-8-16(9-7-14)20-17(15-4-2-1-3-5-15)12-18-19(23-20)10-11-26-21(18)24-25-22(26)28;1-5(2)4-7(3,8)6(9)10/h1-12H,13,23H2,(H,26,28);1-13H,(H,25,28);5H,4,8H2,1-3H3,(H,9,10). The van der Waals surface area contributed by atoms with Crippen molar-refractivity contribution < 1.29 is 14.7 Å². The molecule has 1 unspecified atom stereocenters. The average Bonchev–Trinajstić information content (AvgIpc) is 3.92. The van der Waals surface area contributed by atoms with Gasteiger partial charge in [0.25, 0.3) is 0 Å². The van der Waals surface area contributed by atoms with E-state index < -0.39 is 11.5 Å².